The van der Waals surface area contributed by atoms with E-state index in [4.69, 9.17) is 14.0 Å². The molecular formula is C22H25BFNO4. The molecule has 7 heteroatoms. The number of carbonyl (C=O) groups is 1. The lowest BCUT2D eigenvalue weighted by atomic mass is 9.60. The van der Waals surface area contributed by atoms with Crippen molar-refractivity contribution in [2.24, 2.45) is 0 Å². The molecule has 0 radical (unpaired) electrons. The Balaban J connectivity index is 1.57. The summed E-state index contributed by atoms with van der Waals surface area (Å²) in [5.41, 5.74) is 1.89. The first kappa shape index (κ1) is 18.6. The molecule has 2 aliphatic heterocycles. The van der Waals surface area contributed by atoms with E-state index in [-0.39, 0.29) is 36.1 Å². The molecule has 5 nitrogen and oxygen atoms in total. The van der Waals surface area contributed by atoms with E-state index in [9.17, 15) is 9.18 Å². The summed E-state index contributed by atoms with van der Waals surface area (Å²) in [7, 11) is 2.08. The summed E-state index contributed by atoms with van der Waals surface area (Å²) in [6.45, 7) is 2.26. The van der Waals surface area contributed by atoms with Crippen LogP contribution in [0.1, 0.15) is 53.8 Å². The summed E-state index contributed by atoms with van der Waals surface area (Å²) >= 11 is 0. The molecule has 1 aliphatic carbocycles. The van der Waals surface area contributed by atoms with Gasteiger partial charge in [0.05, 0.1) is 24.5 Å². The third kappa shape index (κ3) is 2.64. The Morgan fingerprint density at radius 3 is 2.76 bits per heavy atom. The van der Waals surface area contributed by atoms with E-state index in [1.54, 1.807) is 13.0 Å². The van der Waals surface area contributed by atoms with Crippen molar-refractivity contribution in [1.29, 1.82) is 0 Å². The molecule has 1 N–H and O–H groups in total. The van der Waals surface area contributed by atoms with Crippen molar-refractivity contribution in [3.05, 3.63) is 65.0 Å². The number of fused-ring (bicyclic) bond motifs is 4. The number of quaternary nitrogens is 1. The van der Waals surface area contributed by atoms with Crippen molar-refractivity contribution < 1.29 is 28.0 Å². The van der Waals surface area contributed by atoms with Crippen LogP contribution in [0.2, 0.25) is 5.82 Å². The van der Waals surface area contributed by atoms with E-state index in [0.717, 1.165) is 22.4 Å². The Bertz CT molecular complexity index is 971. The molecule has 29 heavy (non-hydrogen) atoms. The molecular weight excluding hydrogens is 372 g/mol. The molecule has 2 aromatic rings. The molecule has 1 saturated carbocycles. The number of carbonyl (C=O) groups excluding carboxylic acids is 1. The van der Waals surface area contributed by atoms with Gasteiger partial charge < -0.3 is 18.9 Å². The molecule has 2 heterocycles. The quantitative estimate of drug-likeness (QED) is 0.640. The van der Waals surface area contributed by atoms with Crippen LogP contribution in [0.5, 0.6) is 5.75 Å². The van der Waals surface area contributed by atoms with Crippen molar-refractivity contribution in [3.63, 3.8) is 0 Å². The molecule has 1 spiro atoms. The van der Waals surface area contributed by atoms with Gasteiger partial charge in [-0.1, -0.05) is 42.8 Å². The number of likely N-dealkylation sites (N-methyl/N-ethyl adjacent to an activating group) is 1. The van der Waals surface area contributed by atoms with Gasteiger partial charge in [-0.3, -0.25) is 0 Å². The zero-order chi connectivity index (χ0) is 20.3. The summed E-state index contributed by atoms with van der Waals surface area (Å²) in [5, 5.41) is 0. The van der Waals surface area contributed by atoms with Gasteiger partial charge in [0.2, 0.25) is 0 Å². The van der Waals surface area contributed by atoms with Gasteiger partial charge in [-0.15, -0.1) is 0 Å². The number of halogens is 1. The van der Waals surface area contributed by atoms with E-state index in [2.05, 4.69) is 26.1 Å². The van der Waals surface area contributed by atoms with Crippen molar-refractivity contribution in [2.45, 2.75) is 44.1 Å². The Hall–Kier alpha value is -2.38. The van der Waals surface area contributed by atoms with Crippen LogP contribution in [0.4, 0.5) is 4.39 Å². The van der Waals surface area contributed by atoms with Crippen LogP contribution >= 0.6 is 0 Å². The predicted molar refractivity (Wildman–Crippen MR) is 106 cm³/mol. The van der Waals surface area contributed by atoms with E-state index < -0.39 is 18.5 Å². The number of benzene rings is 2. The van der Waals surface area contributed by atoms with Crippen LogP contribution in [-0.2, 0) is 9.39 Å². The Labute approximate surface area is 169 Å². The standard InChI is InChI=1S/C22H25BFNO4/c1-4-27-22(26)19-18(24)11-10-15-16-12-17(16)23(29-21(15)19)25(3)13(2)20(28-23)14-8-6-5-7-9-14/h5-11,13,16-17,20,25H,4,12H2,1-3H3/t13-,16+,17+,20+,23?/m0/s1. The first-order valence-electron chi connectivity index (χ1n) is 10.4. The van der Waals surface area contributed by atoms with E-state index >= 15 is 0 Å². The summed E-state index contributed by atoms with van der Waals surface area (Å²) < 4.78 is 33.0. The minimum Gasteiger partial charge on any atom is -0.640 e. The molecule has 0 amide bonds. The van der Waals surface area contributed by atoms with E-state index in [0.29, 0.717) is 5.75 Å². The highest BCUT2D eigenvalue weighted by Crippen LogP contribution is 2.64. The lowest BCUT2D eigenvalue weighted by Crippen LogP contribution is -3.22. The van der Waals surface area contributed by atoms with Crippen LogP contribution < -0.4 is 9.47 Å². The second-order valence-corrected chi connectivity index (χ2v) is 8.46. The number of hydrogen-bond acceptors (Lipinski definition) is 4. The maximum atomic E-state index is 14.7. The van der Waals surface area contributed by atoms with Crippen molar-refractivity contribution in [2.75, 3.05) is 13.7 Å². The maximum absolute atomic E-state index is 14.7. The highest BCUT2D eigenvalue weighted by Gasteiger charge is 2.68. The normalized spacial score (nSPS) is 34.3. The fraction of sp³-hybridized carbons (Fsp3) is 0.409. The largest absolute Gasteiger partial charge is 0.640 e. The van der Waals surface area contributed by atoms with Gasteiger partial charge in [-0.2, -0.15) is 0 Å². The van der Waals surface area contributed by atoms with Crippen LogP contribution in [0.15, 0.2) is 42.5 Å². The third-order valence-electron chi connectivity index (χ3n) is 7.00. The van der Waals surface area contributed by atoms with Gasteiger partial charge >= 0.3 is 12.7 Å². The van der Waals surface area contributed by atoms with Crippen molar-refractivity contribution >= 4 is 12.7 Å². The number of rotatable bonds is 3. The first-order chi connectivity index (χ1) is 14.0. The molecule has 2 unspecified atom stereocenters. The Morgan fingerprint density at radius 2 is 2.03 bits per heavy atom. The minimum absolute atomic E-state index is 0.108. The number of esters is 1. The smallest absolute Gasteiger partial charge is 0.528 e. The van der Waals surface area contributed by atoms with Crippen molar-refractivity contribution in [3.8, 4) is 5.75 Å². The molecule has 3 aliphatic rings. The van der Waals surface area contributed by atoms with E-state index in [1.807, 2.05) is 18.2 Å². The fourth-order valence-electron chi connectivity index (χ4n) is 5.32. The summed E-state index contributed by atoms with van der Waals surface area (Å²) in [4.78, 5) is 13.7. The summed E-state index contributed by atoms with van der Waals surface area (Å²) in [6, 6.07) is 13.4. The average molecular weight is 397 g/mol. The molecule has 0 aromatic heterocycles. The van der Waals surface area contributed by atoms with Gasteiger partial charge in [0.15, 0.2) is 0 Å². The van der Waals surface area contributed by atoms with Crippen LogP contribution in [-0.4, -0.2) is 32.4 Å². The van der Waals surface area contributed by atoms with Gasteiger partial charge in [0.1, 0.15) is 11.4 Å². The number of nitrogens with one attached hydrogen (secondary N) is 1. The molecule has 0 bridgehead atoms. The lowest BCUT2D eigenvalue weighted by molar-refractivity contribution is -0.804. The lowest BCUT2D eigenvalue weighted by Gasteiger charge is -2.43. The number of hydrogen-bond donors (Lipinski definition) is 1. The second-order valence-electron chi connectivity index (χ2n) is 8.46. The molecule has 2 aromatic carbocycles. The topological polar surface area (TPSA) is 49.2 Å². The maximum Gasteiger partial charge on any atom is 0.528 e. The van der Waals surface area contributed by atoms with Crippen LogP contribution in [0.25, 0.3) is 0 Å². The van der Waals surface area contributed by atoms with E-state index in [1.165, 1.54) is 6.07 Å². The second kappa shape index (κ2) is 6.57. The fourth-order valence-corrected chi connectivity index (χ4v) is 5.32. The SMILES string of the molecule is CCOC(=O)c1c(F)ccc2c1O[B-]1(O[C@@H](c3ccccc3)[C@H](C)[NH+]1C)[C@@H]1C[C@H]21. The first-order valence-corrected chi connectivity index (χ1v) is 10.4. The van der Waals surface area contributed by atoms with Gasteiger partial charge in [-0.25, -0.2) is 9.18 Å². The third-order valence-corrected chi connectivity index (χ3v) is 7.00. The number of ether oxygens (including phenoxy) is 1. The Kier molecular flexibility index (Phi) is 4.22. The monoisotopic (exact) mass is 397 g/mol. The summed E-state index contributed by atoms with van der Waals surface area (Å²) in [5.74, 6) is -0.531. The molecule has 1 saturated heterocycles. The average Bonchev–Trinajstić information content (AvgIpc) is 3.49. The zero-order valence-corrected chi connectivity index (χ0v) is 16.9. The molecule has 152 valence electrons. The van der Waals surface area contributed by atoms with Crippen LogP contribution in [0.3, 0.4) is 0 Å². The summed E-state index contributed by atoms with van der Waals surface area (Å²) in [6.07, 6.45) is 0.811. The predicted octanol–water partition coefficient (Wildman–Crippen LogP) is 2.87. The molecule has 2 fully saturated rings. The van der Waals surface area contributed by atoms with Gasteiger partial charge in [0.25, 0.3) is 0 Å². The van der Waals surface area contributed by atoms with Gasteiger partial charge in [-0.05, 0) is 42.8 Å². The highest BCUT2D eigenvalue weighted by atomic mass is 19.1. The molecule has 5 rings (SSSR count). The Morgan fingerprint density at radius 1 is 1.28 bits per heavy atom. The highest BCUT2D eigenvalue weighted by molar-refractivity contribution is 6.63. The zero-order valence-electron chi connectivity index (χ0n) is 16.9. The van der Waals surface area contributed by atoms with Gasteiger partial charge in [0, 0.05) is 7.05 Å². The molecule has 6 atom stereocenters. The van der Waals surface area contributed by atoms with Crippen molar-refractivity contribution in [1.82, 2.24) is 0 Å². The minimum atomic E-state index is -1.77. The van der Waals surface area contributed by atoms with Crippen LogP contribution in [0, 0.1) is 5.82 Å².